The van der Waals surface area contributed by atoms with Crippen molar-refractivity contribution >= 4 is 16.7 Å². The summed E-state index contributed by atoms with van der Waals surface area (Å²) in [6.07, 6.45) is 5.69. The lowest BCUT2D eigenvalue weighted by molar-refractivity contribution is -0.129. The number of amides is 1. The van der Waals surface area contributed by atoms with Crippen molar-refractivity contribution in [2.24, 2.45) is 5.92 Å². The summed E-state index contributed by atoms with van der Waals surface area (Å²) in [6, 6.07) is 6.44. The molecule has 0 bridgehead atoms. The summed E-state index contributed by atoms with van der Waals surface area (Å²) < 4.78 is 12.3. The number of piperidine rings is 1. The highest BCUT2D eigenvalue weighted by Crippen LogP contribution is 2.23. The number of hydrogen-bond acceptors (Lipinski definition) is 2. The first kappa shape index (κ1) is 15.7. The molecule has 0 N–H and O–H groups in total. The van der Waals surface area contributed by atoms with Crippen molar-refractivity contribution in [3.63, 3.8) is 0 Å². The maximum absolute atomic E-state index is 12.3. The van der Waals surface area contributed by atoms with Crippen LogP contribution in [0.15, 0.2) is 18.2 Å². The van der Waals surface area contributed by atoms with Gasteiger partial charge in [-0.3, -0.25) is 9.00 Å². The van der Waals surface area contributed by atoms with Gasteiger partial charge in [-0.25, -0.2) is 0 Å². The zero-order chi connectivity index (χ0) is 15.5. The van der Waals surface area contributed by atoms with Crippen molar-refractivity contribution in [3.05, 3.63) is 34.9 Å². The Bertz CT molecular complexity index is 576. The fraction of sp³-hybridized carbons (Fsp3) is 0.611. The highest BCUT2D eigenvalue weighted by Gasteiger charge is 2.22. The summed E-state index contributed by atoms with van der Waals surface area (Å²) in [7, 11) is -1.10. The highest BCUT2D eigenvalue weighted by molar-refractivity contribution is 7.84. The molecular formula is C18H25NO2S. The molecule has 22 heavy (non-hydrogen) atoms. The Morgan fingerprint density at radius 2 is 1.95 bits per heavy atom. The lowest BCUT2D eigenvalue weighted by atomic mass is 9.99. The predicted octanol–water partition coefficient (Wildman–Crippen LogP) is 2.68. The zero-order valence-corrected chi connectivity index (χ0v) is 14.2. The van der Waals surface area contributed by atoms with Crippen LogP contribution < -0.4 is 0 Å². The number of aryl methyl sites for hydroxylation is 2. The lowest BCUT2D eigenvalue weighted by Crippen LogP contribution is -2.40. The van der Waals surface area contributed by atoms with Gasteiger partial charge in [-0.2, -0.15) is 0 Å². The van der Waals surface area contributed by atoms with Gasteiger partial charge >= 0.3 is 0 Å². The first-order valence-electron chi connectivity index (χ1n) is 8.35. The fourth-order valence-corrected chi connectivity index (χ4v) is 4.55. The van der Waals surface area contributed by atoms with Crippen LogP contribution in [0.5, 0.6) is 0 Å². The van der Waals surface area contributed by atoms with E-state index in [1.54, 1.807) is 0 Å². The van der Waals surface area contributed by atoms with E-state index in [1.807, 2.05) is 4.90 Å². The number of rotatable bonds is 4. The smallest absolute Gasteiger partial charge is 0.235 e. The van der Waals surface area contributed by atoms with Gasteiger partial charge in [0.05, 0.1) is 0 Å². The van der Waals surface area contributed by atoms with Crippen molar-refractivity contribution in [1.29, 1.82) is 0 Å². The number of fused-ring (bicyclic) bond motifs is 1. The van der Waals surface area contributed by atoms with Crippen LogP contribution in [-0.2, 0) is 34.2 Å². The molecule has 3 rings (SSSR count). The molecule has 0 aromatic heterocycles. The summed E-state index contributed by atoms with van der Waals surface area (Å²) in [4.78, 5) is 14.1. The minimum absolute atomic E-state index is 0.0615. The number of nitrogens with zero attached hydrogens (tertiary/aromatic N) is 1. The minimum atomic E-state index is -1.10. The van der Waals surface area contributed by atoms with E-state index in [9.17, 15) is 9.00 Å². The van der Waals surface area contributed by atoms with Crippen molar-refractivity contribution in [1.82, 2.24) is 4.90 Å². The molecule has 1 amide bonds. The first-order chi connectivity index (χ1) is 10.6. The van der Waals surface area contributed by atoms with Gasteiger partial charge in [-0.15, -0.1) is 0 Å². The molecule has 4 heteroatoms. The van der Waals surface area contributed by atoms with Gasteiger partial charge < -0.3 is 4.90 Å². The summed E-state index contributed by atoms with van der Waals surface area (Å²) in [5.74, 6) is 1.45. The van der Waals surface area contributed by atoms with Gasteiger partial charge in [0.1, 0.15) is 5.75 Å². The maximum Gasteiger partial charge on any atom is 0.235 e. The molecule has 0 radical (unpaired) electrons. The molecule has 1 atom stereocenters. The topological polar surface area (TPSA) is 37.4 Å². The Morgan fingerprint density at radius 3 is 2.73 bits per heavy atom. The molecular weight excluding hydrogens is 294 g/mol. The van der Waals surface area contributed by atoms with Gasteiger partial charge in [0.25, 0.3) is 0 Å². The van der Waals surface area contributed by atoms with Gasteiger partial charge in [-0.1, -0.05) is 25.1 Å². The van der Waals surface area contributed by atoms with E-state index in [1.165, 1.54) is 24.0 Å². The third-order valence-corrected chi connectivity index (χ3v) is 6.14. The van der Waals surface area contributed by atoms with Crippen molar-refractivity contribution in [2.45, 2.75) is 44.8 Å². The Morgan fingerprint density at radius 1 is 1.23 bits per heavy atom. The molecule has 1 aromatic carbocycles. The number of hydrogen-bond donors (Lipinski definition) is 0. The predicted molar refractivity (Wildman–Crippen MR) is 90.2 cm³/mol. The molecule has 0 spiro atoms. The molecule has 120 valence electrons. The maximum atomic E-state index is 12.3. The highest BCUT2D eigenvalue weighted by atomic mass is 32.2. The number of benzene rings is 1. The Kier molecular flexibility index (Phi) is 4.97. The monoisotopic (exact) mass is 319 g/mol. The number of likely N-dealkylation sites (tertiary alicyclic amines) is 1. The van der Waals surface area contributed by atoms with Crippen molar-refractivity contribution in [2.75, 3.05) is 18.8 Å². The molecule has 0 unspecified atom stereocenters. The second kappa shape index (κ2) is 6.95. The van der Waals surface area contributed by atoms with Crippen LogP contribution in [0.4, 0.5) is 0 Å². The summed E-state index contributed by atoms with van der Waals surface area (Å²) in [5.41, 5.74) is 3.96. The van der Waals surface area contributed by atoms with Crippen LogP contribution in [0, 0.1) is 5.92 Å². The van der Waals surface area contributed by atoms with Crippen molar-refractivity contribution < 1.29 is 9.00 Å². The Labute approximate surface area is 135 Å². The van der Waals surface area contributed by atoms with E-state index >= 15 is 0 Å². The second-order valence-corrected chi connectivity index (χ2v) is 8.21. The zero-order valence-electron chi connectivity index (χ0n) is 13.3. The van der Waals surface area contributed by atoms with E-state index in [-0.39, 0.29) is 11.7 Å². The van der Waals surface area contributed by atoms with Crippen LogP contribution in [-0.4, -0.2) is 33.9 Å². The van der Waals surface area contributed by atoms with Crippen molar-refractivity contribution in [3.8, 4) is 0 Å². The molecule has 1 saturated heterocycles. The van der Waals surface area contributed by atoms with E-state index in [4.69, 9.17) is 0 Å². The molecule has 1 heterocycles. The molecule has 0 saturated carbocycles. The minimum Gasteiger partial charge on any atom is -0.342 e. The lowest BCUT2D eigenvalue weighted by Gasteiger charge is -2.30. The standard InChI is InChI=1S/C18H25NO2S/c1-14-7-9-19(10-8-14)18(20)13-22(21)12-15-5-6-16-3-2-4-17(16)11-15/h5-6,11,14H,2-4,7-10,12-13H2,1H3/t22-/m0/s1. The number of carbonyl (C=O) groups is 1. The average molecular weight is 319 g/mol. The first-order valence-corrected chi connectivity index (χ1v) is 9.84. The summed E-state index contributed by atoms with van der Waals surface area (Å²) in [6.45, 7) is 3.89. The SMILES string of the molecule is CC1CCN(C(=O)C[S@@](=O)Cc2ccc3c(c2)CCC3)CC1. The normalized spacial score (nSPS) is 20.0. The van der Waals surface area contributed by atoms with E-state index in [0.717, 1.165) is 37.9 Å². The number of carbonyl (C=O) groups excluding carboxylic acids is 1. The molecule has 1 aliphatic carbocycles. The largest absolute Gasteiger partial charge is 0.342 e. The van der Waals surface area contributed by atoms with Crippen LogP contribution in [0.1, 0.15) is 42.9 Å². The van der Waals surface area contributed by atoms with E-state index in [0.29, 0.717) is 11.7 Å². The van der Waals surface area contributed by atoms with E-state index in [2.05, 4.69) is 25.1 Å². The van der Waals surface area contributed by atoms with Gasteiger partial charge in [0.2, 0.25) is 5.91 Å². The molecule has 3 nitrogen and oxygen atoms in total. The van der Waals surface area contributed by atoms with Crippen LogP contribution in [0.2, 0.25) is 0 Å². The van der Waals surface area contributed by atoms with Gasteiger partial charge in [-0.05, 0) is 54.7 Å². The molecule has 1 fully saturated rings. The average Bonchev–Trinajstić information content (AvgIpc) is 2.95. The second-order valence-electron chi connectivity index (χ2n) is 6.75. The van der Waals surface area contributed by atoms with Gasteiger partial charge in [0, 0.05) is 29.6 Å². The Hall–Kier alpha value is -1.16. The molecule has 2 aliphatic rings. The molecule has 1 aliphatic heterocycles. The third kappa shape index (κ3) is 3.78. The summed E-state index contributed by atoms with van der Waals surface area (Å²) >= 11 is 0. The fourth-order valence-electron chi connectivity index (χ4n) is 3.44. The van der Waals surface area contributed by atoms with Gasteiger partial charge in [0.15, 0.2) is 0 Å². The van der Waals surface area contributed by atoms with Crippen LogP contribution >= 0.6 is 0 Å². The Balaban J connectivity index is 1.53. The quantitative estimate of drug-likeness (QED) is 0.855. The third-order valence-electron chi connectivity index (χ3n) is 4.91. The van der Waals surface area contributed by atoms with E-state index < -0.39 is 10.8 Å². The molecule has 1 aromatic rings. The summed E-state index contributed by atoms with van der Waals surface area (Å²) in [5, 5.41) is 0. The van der Waals surface area contributed by atoms with Crippen LogP contribution in [0.25, 0.3) is 0 Å². The van der Waals surface area contributed by atoms with Crippen LogP contribution in [0.3, 0.4) is 0 Å².